The average Bonchev–Trinajstić information content (AvgIpc) is 2.76. The van der Waals surface area contributed by atoms with Gasteiger partial charge in [0.1, 0.15) is 12.3 Å². The number of hydrogen-bond donors (Lipinski definition) is 2. The Morgan fingerprint density at radius 1 is 1.46 bits per heavy atom. The van der Waals surface area contributed by atoms with Gasteiger partial charge in [-0.2, -0.15) is 13.2 Å². The molecule has 1 aliphatic rings. The van der Waals surface area contributed by atoms with Gasteiger partial charge in [0.15, 0.2) is 0 Å². The highest BCUT2D eigenvalue weighted by Crippen LogP contribution is 2.24. The first-order chi connectivity index (χ1) is 11.1. The van der Waals surface area contributed by atoms with Crippen molar-refractivity contribution in [3.63, 3.8) is 0 Å². The Balaban J connectivity index is 2.03. The van der Waals surface area contributed by atoms with E-state index in [1.807, 2.05) is 0 Å². The molecule has 1 aromatic rings. The van der Waals surface area contributed by atoms with Crippen molar-refractivity contribution in [3.8, 4) is 5.75 Å². The molecule has 0 radical (unpaired) electrons. The van der Waals surface area contributed by atoms with Crippen LogP contribution in [0.2, 0.25) is 0 Å². The molecule has 2 amide bonds. The second-order valence-corrected chi connectivity index (χ2v) is 5.22. The van der Waals surface area contributed by atoms with Gasteiger partial charge >= 0.3 is 6.18 Å². The maximum Gasteiger partial charge on any atom is 0.406 e. The van der Waals surface area contributed by atoms with Crippen LogP contribution in [0.4, 0.5) is 18.9 Å². The Hall–Kier alpha value is -2.85. The largest absolute Gasteiger partial charge is 0.507 e. The predicted octanol–water partition coefficient (Wildman–Crippen LogP) is 1.19. The number of non-ortho nitro benzene ring substituents is 1. The van der Waals surface area contributed by atoms with Gasteiger partial charge in [0, 0.05) is 19.0 Å². The molecular formula is C13H12F3N3O5. The zero-order valence-corrected chi connectivity index (χ0v) is 12.0. The smallest absolute Gasteiger partial charge is 0.406 e. The van der Waals surface area contributed by atoms with Crippen LogP contribution in [0.25, 0.3) is 0 Å². The van der Waals surface area contributed by atoms with E-state index in [1.54, 1.807) is 0 Å². The number of nitro benzene ring substituents is 1. The van der Waals surface area contributed by atoms with Crippen molar-refractivity contribution < 1.29 is 32.8 Å². The Labute approximate surface area is 133 Å². The molecule has 0 spiro atoms. The summed E-state index contributed by atoms with van der Waals surface area (Å²) in [6.45, 7) is -1.71. The molecule has 0 bridgehead atoms. The minimum absolute atomic E-state index is 0.276. The normalized spacial score (nSPS) is 17.9. The molecule has 1 fully saturated rings. The van der Waals surface area contributed by atoms with Crippen LogP contribution in [0.1, 0.15) is 16.8 Å². The number of carbonyl (C=O) groups excluding carboxylic acids is 2. The van der Waals surface area contributed by atoms with E-state index in [4.69, 9.17) is 0 Å². The molecule has 130 valence electrons. The van der Waals surface area contributed by atoms with Crippen molar-refractivity contribution in [2.75, 3.05) is 13.1 Å². The number of hydrogen-bond acceptors (Lipinski definition) is 5. The highest BCUT2D eigenvalue weighted by molar-refractivity contribution is 5.97. The third kappa shape index (κ3) is 4.12. The lowest BCUT2D eigenvalue weighted by molar-refractivity contribution is -0.384. The SMILES string of the molecule is O=C(NC1CC(=O)N(CC(F)(F)F)C1)c1ccc([N+](=O)[O-])cc1O. The third-order valence-corrected chi connectivity index (χ3v) is 3.36. The average molecular weight is 347 g/mol. The van der Waals surface area contributed by atoms with Gasteiger partial charge in [0.2, 0.25) is 5.91 Å². The van der Waals surface area contributed by atoms with E-state index < -0.39 is 46.9 Å². The zero-order chi connectivity index (χ0) is 18.1. The zero-order valence-electron chi connectivity index (χ0n) is 12.0. The maximum absolute atomic E-state index is 12.3. The summed E-state index contributed by atoms with van der Waals surface area (Å²) in [5.74, 6) is -2.22. The van der Waals surface area contributed by atoms with Crippen molar-refractivity contribution in [3.05, 3.63) is 33.9 Å². The molecule has 1 heterocycles. The quantitative estimate of drug-likeness (QED) is 0.628. The summed E-state index contributed by atoms with van der Waals surface area (Å²) in [4.78, 5) is 33.9. The molecule has 0 aromatic heterocycles. The number of benzene rings is 1. The van der Waals surface area contributed by atoms with Crippen LogP contribution in [0.5, 0.6) is 5.75 Å². The molecule has 1 aromatic carbocycles. The first-order valence-corrected chi connectivity index (χ1v) is 6.69. The standard InChI is InChI=1S/C13H12F3N3O5/c14-13(15,16)6-18-5-7(3-11(18)21)17-12(22)9-2-1-8(19(23)24)4-10(9)20/h1-2,4,7,20H,3,5-6H2,(H,17,22). The third-order valence-electron chi connectivity index (χ3n) is 3.36. The predicted molar refractivity (Wildman–Crippen MR) is 73.3 cm³/mol. The van der Waals surface area contributed by atoms with Crippen molar-refractivity contribution >= 4 is 17.5 Å². The number of nitro groups is 1. The van der Waals surface area contributed by atoms with Crippen LogP contribution in [-0.4, -0.2) is 52.1 Å². The molecule has 0 aliphatic carbocycles. The van der Waals surface area contributed by atoms with Gasteiger partial charge in [-0.1, -0.05) is 0 Å². The number of amides is 2. The Bertz CT molecular complexity index is 692. The number of nitrogens with zero attached hydrogens (tertiary/aromatic N) is 2. The molecule has 0 saturated carbocycles. The fraction of sp³-hybridized carbons (Fsp3) is 0.385. The Morgan fingerprint density at radius 2 is 2.12 bits per heavy atom. The van der Waals surface area contributed by atoms with E-state index in [2.05, 4.69) is 5.32 Å². The number of aromatic hydroxyl groups is 1. The minimum Gasteiger partial charge on any atom is -0.507 e. The number of phenolic OH excluding ortho intramolecular Hbond substituents is 1. The van der Waals surface area contributed by atoms with Crippen molar-refractivity contribution in [2.45, 2.75) is 18.6 Å². The highest BCUT2D eigenvalue weighted by atomic mass is 19.4. The summed E-state index contributed by atoms with van der Waals surface area (Å²) in [5.41, 5.74) is -0.696. The van der Waals surface area contributed by atoms with E-state index >= 15 is 0 Å². The Kier molecular flexibility index (Phi) is 4.62. The maximum atomic E-state index is 12.3. The van der Waals surface area contributed by atoms with E-state index in [1.165, 1.54) is 0 Å². The molecule has 1 saturated heterocycles. The van der Waals surface area contributed by atoms with Crippen LogP contribution >= 0.6 is 0 Å². The fourth-order valence-electron chi connectivity index (χ4n) is 2.33. The number of carbonyl (C=O) groups is 2. The molecule has 11 heteroatoms. The minimum atomic E-state index is -4.54. The van der Waals surface area contributed by atoms with E-state index in [-0.39, 0.29) is 18.5 Å². The molecule has 2 rings (SSSR count). The first kappa shape index (κ1) is 17.5. The number of phenols is 1. The van der Waals surface area contributed by atoms with Gasteiger partial charge in [0.05, 0.1) is 22.6 Å². The second kappa shape index (κ2) is 6.34. The molecule has 1 atom stereocenters. The van der Waals surface area contributed by atoms with Crippen molar-refractivity contribution in [1.29, 1.82) is 0 Å². The number of halogens is 3. The molecular weight excluding hydrogens is 335 g/mol. The van der Waals surface area contributed by atoms with E-state index in [0.29, 0.717) is 4.90 Å². The van der Waals surface area contributed by atoms with Crippen LogP contribution in [0.15, 0.2) is 18.2 Å². The van der Waals surface area contributed by atoms with Crippen molar-refractivity contribution in [1.82, 2.24) is 10.2 Å². The van der Waals surface area contributed by atoms with Crippen molar-refractivity contribution in [2.24, 2.45) is 0 Å². The van der Waals surface area contributed by atoms with E-state index in [9.17, 15) is 38.0 Å². The fourth-order valence-corrected chi connectivity index (χ4v) is 2.33. The highest BCUT2D eigenvalue weighted by Gasteiger charge is 2.38. The number of likely N-dealkylation sites (tertiary alicyclic amines) is 1. The van der Waals surface area contributed by atoms with Crippen LogP contribution in [-0.2, 0) is 4.79 Å². The lowest BCUT2D eigenvalue weighted by Gasteiger charge is -2.18. The van der Waals surface area contributed by atoms with Gasteiger partial charge in [-0.05, 0) is 6.07 Å². The summed E-state index contributed by atoms with van der Waals surface area (Å²) >= 11 is 0. The first-order valence-electron chi connectivity index (χ1n) is 6.69. The van der Waals surface area contributed by atoms with Crippen LogP contribution < -0.4 is 5.32 Å². The molecule has 1 aliphatic heterocycles. The molecule has 2 N–H and O–H groups in total. The number of rotatable bonds is 4. The van der Waals surface area contributed by atoms with Crippen LogP contribution in [0, 0.1) is 10.1 Å². The summed E-state index contributed by atoms with van der Waals surface area (Å²) < 4.78 is 37.0. The molecule has 1 unspecified atom stereocenters. The van der Waals surface area contributed by atoms with Gasteiger partial charge in [-0.15, -0.1) is 0 Å². The number of nitrogens with one attached hydrogen (secondary N) is 1. The van der Waals surface area contributed by atoms with Gasteiger partial charge in [0.25, 0.3) is 11.6 Å². The summed E-state index contributed by atoms with van der Waals surface area (Å²) in [6.07, 6.45) is -4.83. The number of alkyl halides is 3. The molecule has 24 heavy (non-hydrogen) atoms. The lowest BCUT2D eigenvalue weighted by atomic mass is 10.1. The summed E-state index contributed by atoms with van der Waals surface area (Å²) in [5, 5.41) is 22.5. The second-order valence-electron chi connectivity index (χ2n) is 5.22. The van der Waals surface area contributed by atoms with Gasteiger partial charge in [-0.3, -0.25) is 19.7 Å². The van der Waals surface area contributed by atoms with Gasteiger partial charge in [-0.25, -0.2) is 0 Å². The molecule has 8 nitrogen and oxygen atoms in total. The van der Waals surface area contributed by atoms with Crippen LogP contribution in [0.3, 0.4) is 0 Å². The van der Waals surface area contributed by atoms with E-state index in [0.717, 1.165) is 18.2 Å². The Morgan fingerprint density at radius 3 is 2.67 bits per heavy atom. The summed E-state index contributed by atoms with van der Waals surface area (Å²) in [7, 11) is 0. The summed E-state index contributed by atoms with van der Waals surface area (Å²) in [6, 6.07) is 1.96. The monoisotopic (exact) mass is 347 g/mol. The van der Waals surface area contributed by atoms with Gasteiger partial charge < -0.3 is 15.3 Å². The topological polar surface area (TPSA) is 113 Å². The lowest BCUT2D eigenvalue weighted by Crippen LogP contribution is -2.39.